The van der Waals surface area contributed by atoms with E-state index in [4.69, 9.17) is 0 Å². The molecule has 1 aromatic carbocycles. The van der Waals surface area contributed by atoms with Crippen molar-refractivity contribution < 1.29 is 8.42 Å². The predicted octanol–water partition coefficient (Wildman–Crippen LogP) is 4.05. The highest BCUT2D eigenvalue weighted by Gasteiger charge is 2.20. The molecule has 5 nitrogen and oxygen atoms in total. The molecule has 0 spiro atoms. The van der Waals surface area contributed by atoms with Crippen LogP contribution in [0.25, 0.3) is 11.0 Å². The normalized spacial score (nSPS) is 11.0. The van der Waals surface area contributed by atoms with Crippen molar-refractivity contribution in [2.75, 3.05) is 0 Å². The molecule has 0 radical (unpaired) electrons. The molecule has 0 amide bonds. The van der Waals surface area contributed by atoms with Gasteiger partial charge in [-0.1, -0.05) is 24.3 Å². The van der Waals surface area contributed by atoms with Crippen molar-refractivity contribution in [2.24, 2.45) is 0 Å². The number of H-pyrrole nitrogens is 1. The number of nitrogens with zero attached hydrogens (tertiary/aromatic N) is 2. The molecule has 4 rings (SSSR count). The van der Waals surface area contributed by atoms with Gasteiger partial charge in [0.05, 0.1) is 4.90 Å². The van der Waals surface area contributed by atoms with E-state index in [9.17, 15) is 8.42 Å². The lowest BCUT2D eigenvalue weighted by molar-refractivity contribution is 0.588. The maximum Gasteiger partial charge on any atom is 0.269 e. The summed E-state index contributed by atoms with van der Waals surface area (Å²) in [5, 5.41) is 0.842. The topological polar surface area (TPSA) is 67.8 Å². The van der Waals surface area contributed by atoms with Crippen LogP contribution in [0.3, 0.4) is 0 Å². The van der Waals surface area contributed by atoms with E-state index in [1.54, 1.807) is 55.1 Å². The summed E-state index contributed by atoms with van der Waals surface area (Å²) in [7, 11) is -3.56. The summed E-state index contributed by atoms with van der Waals surface area (Å²) in [6.07, 6.45) is 6.77. The molecule has 1 N–H and O–H groups in total. The molecule has 0 atom stereocenters. The van der Waals surface area contributed by atoms with Crippen LogP contribution < -0.4 is 0 Å². The van der Waals surface area contributed by atoms with E-state index < -0.39 is 10.0 Å². The predicted molar refractivity (Wildman–Crippen MR) is 97.3 cm³/mol. The molecule has 24 heavy (non-hydrogen) atoms. The van der Waals surface area contributed by atoms with Crippen molar-refractivity contribution in [2.45, 2.75) is 4.90 Å². The summed E-state index contributed by atoms with van der Waals surface area (Å²) < 4.78 is 27.0. The maximum absolute atomic E-state index is 12.5. The van der Waals surface area contributed by atoms with Gasteiger partial charge < -0.3 is 4.98 Å². The number of pyridine rings is 1. The van der Waals surface area contributed by atoms with Gasteiger partial charge in [-0.05, 0) is 46.3 Å². The molecule has 122 valence electrons. The van der Waals surface area contributed by atoms with E-state index in [1.165, 1.54) is 3.97 Å². The number of aromatic amines is 1. The lowest BCUT2D eigenvalue weighted by Gasteiger charge is -2.05. The van der Waals surface area contributed by atoms with Crippen LogP contribution in [0.15, 0.2) is 88.8 Å². The van der Waals surface area contributed by atoms with Gasteiger partial charge in [0.1, 0.15) is 5.65 Å². The van der Waals surface area contributed by atoms with Gasteiger partial charge in [-0.15, -0.1) is 0 Å². The molecule has 0 aliphatic rings. The second-order valence-corrected chi connectivity index (χ2v) is 7.52. The Balaban J connectivity index is 0.000000238. The molecule has 0 aliphatic carbocycles. The van der Waals surface area contributed by atoms with E-state index >= 15 is 0 Å². The fraction of sp³-hybridized carbons (Fsp3) is 0. The van der Waals surface area contributed by atoms with Crippen molar-refractivity contribution in [3.05, 3.63) is 83.9 Å². The number of hydrogen-bond donors (Lipinski definition) is 1. The molecule has 0 fully saturated rings. The zero-order valence-corrected chi connectivity index (χ0v) is 14.9. The molecule has 0 saturated heterocycles. The summed E-state index contributed by atoms with van der Waals surface area (Å²) in [4.78, 5) is 6.99. The van der Waals surface area contributed by atoms with Crippen molar-refractivity contribution in [1.82, 2.24) is 13.9 Å². The monoisotopic (exact) mass is 403 g/mol. The summed E-state index contributed by atoms with van der Waals surface area (Å²) in [5.41, 5.74) is 0.561. The Morgan fingerprint density at radius 3 is 2.21 bits per heavy atom. The zero-order chi connectivity index (χ0) is 17.0. The molecular weight excluding hydrogens is 390 g/mol. The average molecular weight is 404 g/mol. The summed E-state index contributed by atoms with van der Waals surface area (Å²) in [6, 6.07) is 15.9. The number of nitrogens with one attached hydrogen (secondary N) is 1. The van der Waals surface area contributed by atoms with Gasteiger partial charge >= 0.3 is 0 Å². The van der Waals surface area contributed by atoms with Gasteiger partial charge in [0.25, 0.3) is 10.0 Å². The van der Waals surface area contributed by atoms with E-state index in [2.05, 4.69) is 25.9 Å². The molecule has 0 aliphatic heterocycles. The largest absolute Gasteiger partial charge is 0.347 e. The Hall–Kier alpha value is -2.38. The van der Waals surface area contributed by atoms with Crippen LogP contribution in [0.2, 0.25) is 0 Å². The first-order valence-corrected chi connectivity index (χ1v) is 9.33. The van der Waals surface area contributed by atoms with E-state index in [0.717, 1.165) is 9.86 Å². The quantitative estimate of drug-likeness (QED) is 0.548. The van der Waals surface area contributed by atoms with Crippen LogP contribution in [0.5, 0.6) is 0 Å². The molecule has 0 unspecified atom stereocenters. The van der Waals surface area contributed by atoms with Gasteiger partial charge in [0.2, 0.25) is 0 Å². The van der Waals surface area contributed by atoms with Crippen LogP contribution in [0.4, 0.5) is 0 Å². The smallest absolute Gasteiger partial charge is 0.269 e. The standard InChI is InChI=1S/C12H9BrN2O2S.C5H5N/c13-11-8-15(12-10(11)6-7-14-12)18(16,17)9-4-2-1-3-5-9;1-2-4-6-5-3-1/h1-8,14H;1-5H. The van der Waals surface area contributed by atoms with Gasteiger partial charge in [-0.2, -0.15) is 0 Å². The average Bonchev–Trinajstić information content (AvgIpc) is 3.22. The number of halogens is 1. The van der Waals surface area contributed by atoms with Crippen molar-refractivity contribution >= 4 is 37.0 Å². The lowest BCUT2D eigenvalue weighted by atomic mass is 10.4. The van der Waals surface area contributed by atoms with Crippen LogP contribution >= 0.6 is 15.9 Å². The Morgan fingerprint density at radius 2 is 1.62 bits per heavy atom. The third-order valence-electron chi connectivity index (χ3n) is 3.30. The van der Waals surface area contributed by atoms with Gasteiger partial charge in [0, 0.05) is 34.6 Å². The van der Waals surface area contributed by atoms with Crippen LogP contribution in [0, 0.1) is 0 Å². The summed E-state index contributed by atoms with van der Waals surface area (Å²) in [5.74, 6) is 0. The fourth-order valence-electron chi connectivity index (χ4n) is 2.18. The van der Waals surface area contributed by atoms with Crippen molar-refractivity contribution in [3.63, 3.8) is 0 Å². The minimum Gasteiger partial charge on any atom is -0.347 e. The number of hydrogen-bond acceptors (Lipinski definition) is 3. The lowest BCUT2D eigenvalue weighted by Crippen LogP contribution is -2.11. The molecule has 0 bridgehead atoms. The summed E-state index contributed by atoms with van der Waals surface area (Å²) >= 11 is 3.36. The maximum atomic E-state index is 12.5. The Bertz CT molecular complexity index is 999. The number of benzene rings is 1. The zero-order valence-electron chi connectivity index (χ0n) is 12.5. The highest BCUT2D eigenvalue weighted by molar-refractivity contribution is 9.10. The third-order valence-corrected chi connectivity index (χ3v) is 5.61. The third kappa shape index (κ3) is 3.27. The van der Waals surface area contributed by atoms with Gasteiger partial charge in [-0.3, -0.25) is 4.98 Å². The first-order chi connectivity index (χ1) is 11.6. The van der Waals surface area contributed by atoms with E-state index in [0.29, 0.717) is 5.65 Å². The van der Waals surface area contributed by atoms with Gasteiger partial charge in [-0.25, -0.2) is 12.4 Å². The summed E-state index contributed by atoms with van der Waals surface area (Å²) in [6.45, 7) is 0. The van der Waals surface area contributed by atoms with Gasteiger partial charge in [0.15, 0.2) is 0 Å². The first-order valence-electron chi connectivity index (χ1n) is 7.10. The highest BCUT2D eigenvalue weighted by atomic mass is 79.9. The molecule has 3 aromatic heterocycles. The second-order valence-electron chi connectivity index (χ2n) is 4.86. The van der Waals surface area contributed by atoms with E-state index in [-0.39, 0.29) is 4.90 Å². The Kier molecular flexibility index (Phi) is 4.82. The minimum absolute atomic E-state index is 0.268. The first kappa shape index (κ1) is 16.5. The SMILES string of the molecule is O=S(=O)(c1ccccc1)n1cc(Br)c2cc[nH]c21.c1ccncc1. The number of fused-ring (bicyclic) bond motifs is 1. The van der Waals surface area contributed by atoms with Crippen molar-refractivity contribution in [1.29, 1.82) is 0 Å². The van der Waals surface area contributed by atoms with Crippen LogP contribution in [-0.2, 0) is 10.0 Å². The Morgan fingerprint density at radius 1 is 0.958 bits per heavy atom. The second kappa shape index (κ2) is 7.02. The minimum atomic E-state index is -3.56. The molecule has 4 aromatic rings. The highest BCUT2D eigenvalue weighted by Crippen LogP contribution is 2.28. The Labute approximate surface area is 148 Å². The molecular formula is C17H14BrN3O2S. The molecule has 0 saturated carbocycles. The number of rotatable bonds is 2. The number of aromatic nitrogens is 3. The molecule has 3 heterocycles. The fourth-order valence-corrected chi connectivity index (χ4v) is 4.20. The van der Waals surface area contributed by atoms with Crippen molar-refractivity contribution in [3.8, 4) is 0 Å². The molecule has 7 heteroatoms. The van der Waals surface area contributed by atoms with Crippen LogP contribution in [-0.4, -0.2) is 22.4 Å². The van der Waals surface area contributed by atoms with E-state index in [1.807, 2.05) is 24.3 Å². The van der Waals surface area contributed by atoms with Crippen LogP contribution in [0.1, 0.15) is 0 Å².